The van der Waals surface area contributed by atoms with Gasteiger partial charge in [-0.3, -0.25) is 4.90 Å². The van der Waals surface area contributed by atoms with Crippen molar-refractivity contribution in [3.8, 4) is 11.6 Å². The van der Waals surface area contributed by atoms with Crippen molar-refractivity contribution in [2.75, 3.05) is 31.1 Å². The van der Waals surface area contributed by atoms with Crippen molar-refractivity contribution in [3.05, 3.63) is 42.3 Å². The van der Waals surface area contributed by atoms with E-state index in [-0.39, 0.29) is 18.5 Å². The number of nitrogens with zero attached hydrogens (tertiary/aromatic N) is 4. The Hall–Kier alpha value is -2.25. The molecule has 2 fully saturated rings. The highest BCUT2D eigenvalue weighted by atomic mass is 19.1. The van der Waals surface area contributed by atoms with Crippen LogP contribution in [0.1, 0.15) is 25.7 Å². The Morgan fingerprint density at radius 2 is 1.85 bits per heavy atom. The summed E-state index contributed by atoms with van der Waals surface area (Å²) in [5.41, 5.74) is 0. The maximum absolute atomic E-state index is 13.0. The molecule has 144 valence electrons. The molecule has 0 bridgehead atoms. The van der Waals surface area contributed by atoms with Crippen LogP contribution >= 0.6 is 0 Å². The highest BCUT2D eigenvalue weighted by Gasteiger charge is 2.32. The second-order valence-corrected chi connectivity index (χ2v) is 7.21. The molecule has 2 atom stereocenters. The largest absolute Gasteiger partial charge is 0.439 e. The van der Waals surface area contributed by atoms with Crippen molar-refractivity contribution < 1.29 is 14.2 Å². The normalized spacial score (nSPS) is 23.1. The van der Waals surface area contributed by atoms with Crippen LogP contribution in [0.25, 0.3) is 0 Å². The molecule has 2 aromatic rings. The molecule has 0 radical (unpaired) electrons. The van der Waals surface area contributed by atoms with Gasteiger partial charge in [-0.05, 0) is 56.5 Å². The molecule has 6 nitrogen and oxygen atoms in total. The molecule has 0 saturated carbocycles. The van der Waals surface area contributed by atoms with E-state index in [1.165, 1.54) is 12.1 Å². The van der Waals surface area contributed by atoms with E-state index in [1.54, 1.807) is 24.4 Å². The van der Waals surface area contributed by atoms with Crippen LogP contribution in [0, 0.1) is 5.82 Å². The Morgan fingerprint density at radius 3 is 2.67 bits per heavy atom. The fourth-order valence-corrected chi connectivity index (χ4v) is 4.05. The third-order valence-electron chi connectivity index (χ3n) is 5.44. The summed E-state index contributed by atoms with van der Waals surface area (Å²) in [6.45, 7) is 3.12. The Kier molecular flexibility index (Phi) is 5.50. The van der Waals surface area contributed by atoms with E-state index in [2.05, 4.69) is 19.8 Å². The number of rotatable bonds is 6. The van der Waals surface area contributed by atoms with Crippen molar-refractivity contribution in [2.24, 2.45) is 0 Å². The van der Waals surface area contributed by atoms with Gasteiger partial charge in [0.05, 0.1) is 6.61 Å². The fraction of sp³-hybridized carbons (Fsp3) is 0.500. The van der Waals surface area contributed by atoms with Crippen LogP contribution in [0.15, 0.2) is 36.5 Å². The summed E-state index contributed by atoms with van der Waals surface area (Å²) in [5.74, 6) is 1.36. The molecule has 0 amide bonds. The first-order valence-corrected chi connectivity index (χ1v) is 9.61. The number of hydrogen-bond acceptors (Lipinski definition) is 6. The highest BCUT2D eigenvalue weighted by molar-refractivity contribution is 5.37. The molecule has 1 N–H and O–H groups in total. The number of ether oxygens (including phenoxy) is 1. The minimum Gasteiger partial charge on any atom is -0.439 e. The van der Waals surface area contributed by atoms with Crippen molar-refractivity contribution >= 4 is 5.95 Å². The predicted molar refractivity (Wildman–Crippen MR) is 101 cm³/mol. The summed E-state index contributed by atoms with van der Waals surface area (Å²) in [5, 5.41) is 9.57. The van der Waals surface area contributed by atoms with Crippen LogP contribution in [0.3, 0.4) is 0 Å². The lowest BCUT2D eigenvalue weighted by molar-refractivity contribution is 0.153. The summed E-state index contributed by atoms with van der Waals surface area (Å²) in [7, 11) is 0. The van der Waals surface area contributed by atoms with Gasteiger partial charge in [0, 0.05) is 37.4 Å². The number of anilines is 1. The third kappa shape index (κ3) is 4.20. The number of aromatic nitrogens is 2. The lowest BCUT2D eigenvalue weighted by Gasteiger charge is -2.31. The smallest absolute Gasteiger partial charge is 0.228 e. The highest BCUT2D eigenvalue weighted by Crippen LogP contribution is 2.28. The molecule has 2 aliphatic heterocycles. The van der Waals surface area contributed by atoms with Crippen LogP contribution in [-0.2, 0) is 0 Å². The molecular weight excluding hydrogens is 347 g/mol. The minimum absolute atomic E-state index is 0.226. The predicted octanol–water partition coefficient (Wildman–Crippen LogP) is 2.83. The van der Waals surface area contributed by atoms with Gasteiger partial charge in [0.1, 0.15) is 11.6 Å². The van der Waals surface area contributed by atoms with Crippen LogP contribution in [0.2, 0.25) is 0 Å². The lowest BCUT2D eigenvalue weighted by atomic mass is 10.2. The van der Waals surface area contributed by atoms with E-state index in [0.717, 1.165) is 45.3 Å². The van der Waals surface area contributed by atoms with Crippen LogP contribution in [0.5, 0.6) is 11.6 Å². The molecule has 0 aliphatic carbocycles. The molecule has 2 saturated heterocycles. The molecule has 7 heteroatoms. The van der Waals surface area contributed by atoms with Gasteiger partial charge in [0.25, 0.3) is 0 Å². The van der Waals surface area contributed by atoms with Gasteiger partial charge in [-0.2, -0.15) is 4.98 Å². The second-order valence-electron chi connectivity index (χ2n) is 7.21. The van der Waals surface area contributed by atoms with E-state index in [1.807, 2.05) is 0 Å². The van der Waals surface area contributed by atoms with Crippen molar-refractivity contribution in [2.45, 2.75) is 37.8 Å². The first-order chi connectivity index (χ1) is 13.2. The SMILES string of the molecule is OCC1CCCN1CC1CCCN1c1nccc(Oc2ccc(F)cc2)n1. The van der Waals surface area contributed by atoms with Crippen molar-refractivity contribution in [1.29, 1.82) is 0 Å². The van der Waals surface area contributed by atoms with Gasteiger partial charge in [0.15, 0.2) is 0 Å². The third-order valence-corrected chi connectivity index (χ3v) is 5.44. The zero-order valence-electron chi connectivity index (χ0n) is 15.3. The average molecular weight is 372 g/mol. The molecule has 2 aliphatic rings. The summed E-state index contributed by atoms with van der Waals surface area (Å²) >= 11 is 0. The molecule has 4 rings (SSSR count). The van der Waals surface area contributed by atoms with Gasteiger partial charge in [-0.1, -0.05) is 0 Å². The Morgan fingerprint density at radius 1 is 1.07 bits per heavy atom. The number of hydrogen-bond donors (Lipinski definition) is 1. The number of halogens is 1. The number of aliphatic hydroxyl groups excluding tert-OH is 1. The Labute approximate surface area is 158 Å². The van der Waals surface area contributed by atoms with Crippen LogP contribution < -0.4 is 9.64 Å². The molecular formula is C20H25FN4O2. The molecule has 2 unspecified atom stereocenters. The van der Waals surface area contributed by atoms with Gasteiger partial charge in [-0.25, -0.2) is 9.37 Å². The average Bonchev–Trinajstić information content (AvgIpc) is 3.33. The quantitative estimate of drug-likeness (QED) is 0.841. The molecule has 1 aromatic heterocycles. The van der Waals surface area contributed by atoms with Crippen LogP contribution in [0.4, 0.5) is 10.3 Å². The first-order valence-electron chi connectivity index (χ1n) is 9.61. The van der Waals surface area contributed by atoms with Gasteiger partial charge < -0.3 is 14.7 Å². The van der Waals surface area contributed by atoms with Crippen molar-refractivity contribution in [3.63, 3.8) is 0 Å². The second kappa shape index (κ2) is 8.19. The Bertz CT molecular complexity index is 758. The van der Waals surface area contributed by atoms with Crippen LogP contribution in [-0.4, -0.2) is 58.3 Å². The monoisotopic (exact) mass is 372 g/mol. The van der Waals surface area contributed by atoms with E-state index in [4.69, 9.17) is 4.74 Å². The fourth-order valence-electron chi connectivity index (χ4n) is 4.05. The van der Waals surface area contributed by atoms with E-state index < -0.39 is 0 Å². The van der Waals surface area contributed by atoms with Gasteiger partial charge in [0.2, 0.25) is 11.8 Å². The first kappa shape index (κ1) is 18.1. The van der Waals surface area contributed by atoms with E-state index in [9.17, 15) is 9.50 Å². The summed E-state index contributed by atoms with van der Waals surface area (Å²) in [6, 6.07) is 8.22. The molecule has 27 heavy (non-hydrogen) atoms. The molecule has 0 spiro atoms. The maximum atomic E-state index is 13.0. The standard InChI is InChI=1S/C20H25FN4O2/c21-15-5-7-18(8-6-15)27-19-9-10-22-20(23-19)25-12-2-3-16(25)13-24-11-1-4-17(24)14-26/h5-10,16-17,26H,1-4,11-14H2. The summed E-state index contributed by atoms with van der Waals surface area (Å²) < 4.78 is 18.8. The molecule has 3 heterocycles. The zero-order valence-corrected chi connectivity index (χ0v) is 15.3. The minimum atomic E-state index is -0.297. The van der Waals surface area contributed by atoms with Gasteiger partial charge >= 0.3 is 0 Å². The zero-order chi connectivity index (χ0) is 18.6. The van der Waals surface area contributed by atoms with Gasteiger partial charge in [-0.15, -0.1) is 0 Å². The van der Waals surface area contributed by atoms with Crippen molar-refractivity contribution in [1.82, 2.24) is 14.9 Å². The number of aliphatic hydroxyl groups is 1. The maximum Gasteiger partial charge on any atom is 0.228 e. The molecule has 1 aromatic carbocycles. The summed E-state index contributed by atoms with van der Waals surface area (Å²) in [6.07, 6.45) is 6.12. The number of benzene rings is 1. The summed E-state index contributed by atoms with van der Waals surface area (Å²) in [4.78, 5) is 13.6. The van der Waals surface area contributed by atoms with E-state index in [0.29, 0.717) is 23.6 Å². The lowest BCUT2D eigenvalue weighted by Crippen LogP contribution is -2.44. The number of likely N-dealkylation sites (tertiary alicyclic amines) is 1. The Balaban J connectivity index is 1.46. The van der Waals surface area contributed by atoms with E-state index >= 15 is 0 Å². The topological polar surface area (TPSA) is 61.7 Å².